The second-order valence-corrected chi connectivity index (χ2v) is 11.4. The van der Waals surface area contributed by atoms with Gasteiger partial charge in [-0.3, -0.25) is 8.98 Å². The van der Waals surface area contributed by atoms with Crippen LogP contribution in [0.5, 0.6) is 0 Å². The molecule has 27 heavy (non-hydrogen) atoms. The Morgan fingerprint density at radius 3 is 2.33 bits per heavy atom. The van der Waals surface area contributed by atoms with Gasteiger partial charge in [-0.2, -0.15) is 8.42 Å². The number of hydrogen-bond acceptors (Lipinski definition) is 7. The van der Waals surface area contributed by atoms with Crippen molar-refractivity contribution in [2.75, 3.05) is 6.61 Å². The Morgan fingerprint density at radius 1 is 1.26 bits per heavy atom. The molecule has 0 radical (unpaired) electrons. The number of benzene rings is 1. The average molecular weight is 417 g/mol. The van der Waals surface area contributed by atoms with Crippen LogP contribution in [0.4, 0.5) is 0 Å². The molecule has 148 valence electrons. The maximum absolute atomic E-state index is 12.7. The van der Waals surface area contributed by atoms with Crippen molar-refractivity contribution in [1.29, 1.82) is 0 Å². The molecule has 9 nitrogen and oxygen atoms in total. The summed E-state index contributed by atoms with van der Waals surface area (Å²) in [5.41, 5.74) is 0.845. The first-order valence-electron chi connectivity index (χ1n) is 8.07. The van der Waals surface area contributed by atoms with Gasteiger partial charge in [0.05, 0.1) is 22.2 Å². The molecule has 0 aromatic heterocycles. The highest BCUT2D eigenvalue weighted by atomic mass is 32.2. The van der Waals surface area contributed by atoms with Crippen molar-refractivity contribution in [1.82, 2.24) is 4.90 Å². The van der Waals surface area contributed by atoms with E-state index in [0.717, 1.165) is 10.5 Å². The second kappa shape index (κ2) is 6.01. The summed E-state index contributed by atoms with van der Waals surface area (Å²) in [6.07, 6.45) is 0. The molecule has 2 saturated heterocycles. The van der Waals surface area contributed by atoms with Gasteiger partial charge >= 0.3 is 5.97 Å². The van der Waals surface area contributed by atoms with Crippen LogP contribution in [0.1, 0.15) is 19.4 Å². The highest BCUT2D eigenvalue weighted by Crippen LogP contribution is 2.48. The highest BCUT2D eigenvalue weighted by Gasteiger charge is 2.72. The average Bonchev–Trinajstić information content (AvgIpc) is 2.69. The molecule has 0 spiro atoms. The van der Waals surface area contributed by atoms with E-state index in [2.05, 4.69) is 0 Å². The van der Waals surface area contributed by atoms with Crippen LogP contribution in [-0.4, -0.2) is 61.5 Å². The smallest absolute Gasteiger partial charge is 0.328 e. The lowest BCUT2D eigenvalue weighted by molar-refractivity contribution is -0.164. The predicted octanol–water partition coefficient (Wildman–Crippen LogP) is 0.145. The lowest BCUT2D eigenvalue weighted by Crippen LogP contribution is -2.64. The summed E-state index contributed by atoms with van der Waals surface area (Å²) in [5.74, 6) is -3.44. The van der Waals surface area contributed by atoms with Crippen LogP contribution < -0.4 is 0 Å². The molecule has 1 amide bonds. The fourth-order valence-corrected chi connectivity index (χ4v) is 6.73. The zero-order valence-electron chi connectivity index (χ0n) is 14.8. The Balaban J connectivity index is 1.83. The van der Waals surface area contributed by atoms with Gasteiger partial charge in [-0.15, -0.1) is 0 Å². The topological polar surface area (TPSA) is 135 Å². The number of hydrogen-bond donors (Lipinski definition) is 1. The molecule has 0 unspecified atom stereocenters. The minimum Gasteiger partial charge on any atom is -0.480 e. The molecule has 0 bridgehead atoms. The molecule has 0 aliphatic carbocycles. The van der Waals surface area contributed by atoms with Gasteiger partial charge in [0.1, 0.15) is 11.4 Å². The van der Waals surface area contributed by atoms with Crippen molar-refractivity contribution in [2.24, 2.45) is 5.92 Å². The third-order valence-electron chi connectivity index (χ3n) is 5.12. The van der Waals surface area contributed by atoms with Gasteiger partial charge in [0.2, 0.25) is 5.91 Å². The fourth-order valence-electron chi connectivity index (χ4n) is 3.50. The second-order valence-electron chi connectivity index (χ2n) is 7.18. The van der Waals surface area contributed by atoms with E-state index in [1.165, 1.54) is 26.0 Å². The van der Waals surface area contributed by atoms with E-state index in [1.54, 1.807) is 19.1 Å². The van der Waals surface area contributed by atoms with Crippen LogP contribution in [0.25, 0.3) is 0 Å². The van der Waals surface area contributed by atoms with Crippen molar-refractivity contribution in [3.05, 3.63) is 29.8 Å². The molecule has 1 aromatic rings. The summed E-state index contributed by atoms with van der Waals surface area (Å²) >= 11 is 0. The summed E-state index contributed by atoms with van der Waals surface area (Å²) in [5, 5.41) is 7.94. The summed E-state index contributed by atoms with van der Waals surface area (Å²) in [6.45, 7) is 3.60. The molecular weight excluding hydrogens is 398 g/mol. The number of carbonyl (C=O) groups is 2. The van der Waals surface area contributed by atoms with Crippen molar-refractivity contribution in [2.45, 2.75) is 41.8 Å². The zero-order valence-corrected chi connectivity index (χ0v) is 16.5. The van der Waals surface area contributed by atoms with Crippen LogP contribution in [0.2, 0.25) is 0 Å². The first-order valence-corrected chi connectivity index (χ1v) is 11.0. The number of amides is 1. The first-order chi connectivity index (χ1) is 12.3. The van der Waals surface area contributed by atoms with E-state index in [4.69, 9.17) is 4.18 Å². The van der Waals surface area contributed by atoms with E-state index in [-0.39, 0.29) is 4.90 Å². The number of sulfone groups is 1. The maximum Gasteiger partial charge on any atom is 0.328 e. The van der Waals surface area contributed by atoms with Crippen LogP contribution in [0.3, 0.4) is 0 Å². The molecule has 0 saturated carbocycles. The maximum atomic E-state index is 12.7. The van der Waals surface area contributed by atoms with Crippen molar-refractivity contribution < 1.29 is 35.7 Å². The summed E-state index contributed by atoms with van der Waals surface area (Å²) in [4.78, 5) is 24.5. The number of aryl methyl sites for hydroxylation is 1. The predicted molar refractivity (Wildman–Crippen MR) is 92.9 cm³/mol. The number of carboxylic acid groups (broad SMARTS) is 1. The number of nitrogens with zero attached hydrogens (tertiary/aromatic N) is 1. The van der Waals surface area contributed by atoms with Gasteiger partial charge in [0.15, 0.2) is 9.84 Å². The van der Waals surface area contributed by atoms with Gasteiger partial charge < -0.3 is 10.0 Å². The number of rotatable bonds is 5. The molecule has 1 aromatic carbocycles. The quantitative estimate of drug-likeness (QED) is 0.528. The number of carboxylic acids is 1. The van der Waals surface area contributed by atoms with E-state index in [9.17, 15) is 31.5 Å². The Bertz CT molecular complexity index is 1010. The van der Waals surface area contributed by atoms with Crippen LogP contribution in [0, 0.1) is 12.8 Å². The molecule has 2 heterocycles. The Kier molecular flexibility index (Phi) is 4.40. The van der Waals surface area contributed by atoms with Gasteiger partial charge in [0.25, 0.3) is 10.1 Å². The number of carbonyl (C=O) groups excluding carboxylic acids is 1. The largest absolute Gasteiger partial charge is 0.480 e. The zero-order chi connectivity index (χ0) is 20.4. The number of β-lactam (4-membered cyclic amide) rings is 1. The monoisotopic (exact) mass is 417 g/mol. The lowest BCUT2D eigenvalue weighted by Gasteiger charge is -2.42. The third-order valence-corrected chi connectivity index (χ3v) is 9.30. The number of aliphatic carboxylic acids is 1. The molecule has 11 heteroatoms. The molecule has 3 atom stereocenters. The lowest BCUT2D eigenvalue weighted by atomic mass is 9.92. The Morgan fingerprint density at radius 2 is 1.81 bits per heavy atom. The van der Waals surface area contributed by atoms with E-state index < -0.39 is 60.5 Å². The van der Waals surface area contributed by atoms with Crippen LogP contribution in [-0.2, 0) is 33.7 Å². The normalized spacial score (nSPS) is 28.5. The third kappa shape index (κ3) is 2.75. The minimum atomic E-state index is -4.18. The van der Waals surface area contributed by atoms with Crippen molar-refractivity contribution >= 4 is 31.8 Å². The van der Waals surface area contributed by atoms with Gasteiger partial charge in [0, 0.05) is 0 Å². The van der Waals surface area contributed by atoms with Gasteiger partial charge in [-0.25, -0.2) is 13.2 Å². The summed E-state index contributed by atoms with van der Waals surface area (Å²) in [6, 6.07) is 4.32. The molecule has 1 N–H and O–H groups in total. The number of fused-ring (bicyclic) bond motifs is 1. The first kappa shape index (κ1) is 19.8. The Hall–Kier alpha value is -1.98. The molecule has 2 aliphatic rings. The highest BCUT2D eigenvalue weighted by molar-refractivity contribution is 7.93. The standard InChI is InChI=1S/C16H19NO8S2/c1-9-4-6-10(7-5-9)27(23,24)25-8-11-13(18)17-12(15(19)20)16(2,3)26(21,22)14(11)17/h4-7,11-12,14H,8H2,1-3H3,(H,19,20)/t11-,12+,14-/m1/s1. The van der Waals surface area contributed by atoms with Gasteiger partial charge in [-0.05, 0) is 32.9 Å². The van der Waals surface area contributed by atoms with Gasteiger partial charge in [-0.1, -0.05) is 17.7 Å². The van der Waals surface area contributed by atoms with Crippen molar-refractivity contribution in [3.8, 4) is 0 Å². The fraction of sp³-hybridized carbons (Fsp3) is 0.500. The molecule has 3 rings (SSSR count). The Labute approximate surface area is 157 Å². The van der Waals surface area contributed by atoms with E-state index >= 15 is 0 Å². The minimum absolute atomic E-state index is 0.116. The van der Waals surface area contributed by atoms with Crippen LogP contribution >= 0.6 is 0 Å². The SMILES string of the molecule is Cc1ccc(S(=O)(=O)OC[C@@H]2C(=O)N3[C@@H](C(=O)O)C(C)(C)S(=O)(=O)[C@H]23)cc1. The summed E-state index contributed by atoms with van der Waals surface area (Å²) in [7, 11) is -8.21. The van der Waals surface area contributed by atoms with Crippen molar-refractivity contribution in [3.63, 3.8) is 0 Å². The molecule has 2 fully saturated rings. The molecule has 2 aliphatic heterocycles. The summed E-state index contributed by atoms with van der Waals surface area (Å²) < 4.78 is 53.2. The van der Waals surface area contributed by atoms with E-state index in [1.807, 2.05) is 0 Å². The van der Waals surface area contributed by atoms with E-state index in [0.29, 0.717) is 0 Å². The van der Waals surface area contributed by atoms with Crippen LogP contribution in [0.15, 0.2) is 29.2 Å². The molecular formula is C16H19NO8S2.